The first kappa shape index (κ1) is 20.4. The van der Waals surface area contributed by atoms with E-state index in [0.717, 1.165) is 17.5 Å². The summed E-state index contributed by atoms with van der Waals surface area (Å²) in [4.78, 5) is 13.0. The number of nitrogens with zero attached hydrogens (tertiary/aromatic N) is 4. The monoisotopic (exact) mass is 431 g/mol. The van der Waals surface area contributed by atoms with Crippen molar-refractivity contribution in [3.05, 3.63) is 78.1 Å². The largest absolute Gasteiger partial charge is 0.471 e. The van der Waals surface area contributed by atoms with Crippen molar-refractivity contribution in [1.29, 1.82) is 0 Å². The smallest absolute Gasteiger partial charge is 0.247 e. The average Bonchev–Trinajstić information content (AvgIpc) is 3.24. The minimum absolute atomic E-state index is 0.0714. The molecular formula is C24H25N5O3. The number of fused-ring (bicyclic) bond motifs is 1. The third-order valence-electron chi connectivity index (χ3n) is 5.96. The van der Waals surface area contributed by atoms with Crippen LogP contribution in [0.4, 0.5) is 5.95 Å². The summed E-state index contributed by atoms with van der Waals surface area (Å²) in [7, 11) is 0. The maximum atomic E-state index is 11.4. The lowest BCUT2D eigenvalue weighted by molar-refractivity contribution is -0.181. The summed E-state index contributed by atoms with van der Waals surface area (Å²) in [6.07, 6.45) is 3.02. The van der Waals surface area contributed by atoms with Crippen LogP contribution in [0, 0.1) is 5.92 Å². The van der Waals surface area contributed by atoms with Crippen LogP contribution in [0.5, 0.6) is 5.88 Å². The fourth-order valence-electron chi connectivity index (χ4n) is 4.03. The second-order valence-electron chi connectivity index (χ2n) is 8.06. The molecule has 0 saturated heterocycles. The number of imidazole rings is 1. The highest BCUT2D eigenvalue weighted by atomic mass is 16.5. The fourth-order valence-corrected chi connectivity index (χ4v) is 4.03. The van der Waals surface area contributed by atoms with Gasteiger partial charge in [0.2, 0.25) is 11.8 Å². The highest BCUT2D eigenvalue weighted by Crippen LogP contribution is 2.44. The summed E-state index contributed by atoms with van der Waals surface area (Å²) >= 11 is 0. The van der Waals surface area contributed by atoms with E-state index < -0.39 is 5.72 Å². The van der Waals surface area contributed by atoms with Crippen molar-refractivity contribution in [2.45, 2.75) is 31.8 Å². The number of benzene rings is 2. The van der Waals surface area contributed by atoms with Crippen molar-refractivity contribution >= 4 is 17.1 Å². The molecule has 32 heavy (non-hydrogen) atoms. The van der Waals surface area contributed by atoms with Gasteiger partial charge in [-0.3, -0.25) is 4.57 Å². The fraction of sp³-hybridized carbons (Fsp3) is 0.292. The summed E-state index contributed by atoms with van der Waals surface area (Å²) < 4.78 is 13.5. The summed E-state index contributed by atoms with van der Waals surface area (Å²) in [5.41, 5.74) is 7.85. The van der Waals surface area contributed by atoms with E-state index in [1.54, 1.807) is 10.9 Å². The maximum Gasteiger partial charge on any atom is 0.247 e. The molecule has 164 valence electrons. The topological polar surface area (TPSA) is 108 Å². The molecule has 2 aromatic carbocycles. The predicted molar refractivity (Wildman–Crippen MR) is 120 cm³/mol. The molecule has 0 spiro atoms. The number of aromatic nitrogens is 4. The lowest BCUT2D eigenvalue weighted by Crippen LogP contribution is -2.51. The highest BCUT2D eigenvalue weighted by molar-refractivity contribution is 5.77. The first-order valence-electron chi connectivity index (χ1n) is 10.7. The van der Waals surface area contributed by atoms with Gasteiger partial charge < -0.3 is 20.3 Å². The summed E-state index contributed by atoms with van der Waals surface area (Å²) in [5, 5.41) is 11.4. The lowest BCUT2D eigenvalue weighted by Gasteiger charge is -2.45. The second-order valence-corrected chi connectivity index (χ2v) is 8.06. The van der Waals surface area contributed by atoms with E-state index in [9.17, 15) is 5.11 Å². The van der Waals surface area contributed by atoms with Crippen LogP contribution >= 0.6 is 0 Å². The molecular weight excluding hydrogens is 406 g/mol. The first-order chi connectivity index (χ1) is 15.6. The number of hydrogen-bond donors (Lipinski definition) is 2. The Bertz CT molecular complexity index is 1200. The molecule has 0 bridgehead atoms. The average molecular weight is 431 g/mol. The molecule has 0 aliphatic heterocycles. The zero-order valence-corrected chi connectivity index (χ0v) is 17.6. The van der Waals surface area contributed by atoms with Crippen molar-refractivity contribution in [1.82, 2.24) is 19.5 Å². The number of rotatable bonds is 8. The van der Waals surface area contributed by atoms with Crippen molar-refractivity contribution in [2.75, 3.05) is 12.3 Å². The van der Waals surface area contributed by atoms with Crippen molar-refractivity contribution < 1.29 is 14.6 Å². The van der Waals surface area contributed by atoms with Gasteiger partial charge in [-0.2, -0.15) is 9.97 Å². The number of hydrogen-bond acceptors (Lipinski definition) is 7. The quantitative estimate of drug-likeness (QED) is 0.441. The zero-order chi connectivity index (χ0) is 22.0. The Morgan fingerprint density at radius 2 is 1.69 bits per heavy atom. The van der Waals surface area contributed by atoms with Crippen LogP contribution in [0.2, 0.25) is 0 Å². The molecule has 8 nitrogen and oxygen atoms in total. The molecule has 1 aliphatic rings. The molecule has 4 aromatic rings. The Labute approximate surface area is 185 Å². The number of ether oxygens (including phenoxy) is 2. The van der Waals surface area contributed by atoms with Gasteiger partial charge in [0.15, 0.2) is 11.2 Å². The number of nitrogen functional groups attached to an aromatic ring is 1. The summed E-state index contributed by atoms with van der Waals surface area (Å²) in [6.45, 7) is 1.27. The number of aliphatic hydroxyl groups is 1. The molecule has 2 unspecified atom stereocenters. The van der Waals surface area contributed by atoms with Gasteiger partial charge in [-0.05, 0) is 24.0 Å². The van der Waals surface area contributed by atoms with Crippen molar-refractivity contribution in [2.24, 2.45) is 5.92 Å². The minimum Gasteiger partial charge on any atom is -0.471 e. The van der Waals surface area contributed by atoms with Crippen LogP contribution in [0.1, 0.15) is 24.0 Å². The molecule has 0 radical (unpaired) electrons. The first-order valence-corrected chi connectivity index (χ1v) is 10.7. The van der Waals surface area contributed by atoms with Gasteiger partial charge in [-0.15, -0.1) is 0 Å². The number of anilines is 1. The predicted octanol–water partition coefficient (Wildman–Crippen LogP) is 3.26. The summed E-state index contributed by atoms with van der Waals surface area (Å²) in [6, 6.07) is 19.8. The SMILES string of the molecule is Nc1nc(OCc2ccccc2)c2ncn(C3(O)CCC3COCc3ccccc3)c2n1. The number of nitrogens with two attached hydrogens (primary N) is 1. The van der Waals surface area contributed by atoms with Gasteiger partial charge in [0.1, 0.15) is 12.3 Å². The van der Waals surface area contributed by atoms with Crippen LogP contribution in [-0.4, -0.2) is 31.2 Å². The molecule has 2 heterocycles. The van der Waals surface area contributed by atoms with Crippen molar-refractivity contribution in [3.8, 4) is 5.88 Å². The van der Waals surface area contributed by atoms with Crippen LogP contribution in [0.15, 0.2) is 67.0 Å². The Balaban J connectivity index is 1.34. The van der Waals surface area contributed by atoms with E-state index >= 15 is 0 Å². The maximum absolute atomic E-state index is 11.4. The lowest BCUT2D eigenvalue weighted by atomic mass is 9.76. The van der Waals surface area contributed by atoms with E-state index in [-0.39, 0.29) is 11.9 Å². The third kappa shape index (κ3) is 3.90. The van der Waals surface area contributed by atoms with Gasteiger partial charge in [-0.25, -0.2) is 4.98 Å². The van der Waals surface area contributed by atoms with Gasteiger partial charge >= 0.3 is 0 Å². The van der Waals surface area contributed by atoms with E-state index in [4.69, 9.17) is 15.2 Å². The molecule has 0 amide bonds. The van der Waals surface area contributed by atoms with E-state index in [0.29, 0.717) is 43.3 Å². The van der Waals surface area contributed by atoms with Gasteiger partial charge in [0.25, 0.3) is 0 Å². The molecule has 5 rings (SSSR count). The molecule has 1 saturated carbocycles. The summed E-state index contributed by atoms with van der Waals surface area (Å²) in [5.74, 6) is 0.297. The Hall–Kier alpha value is -3.49. The molecule has 2 atom stereocenters. The second kappa shape index (κ2) is 8.57. The van der Waals surface area contributed by atoms with Crippen LogP contribution in [0.3, 0.4) is 0 Å². The molecule has 2 aromatic heterocycles. The molecule has 1 aliphatic carbocycles. The van der Waals surface area contributed by atoms with E-state index in [1.807, 2.05) is 60.7 Å². The van der Waals surface area contributed by atoms with Crippen LogP contribution in [-0.2, 0) is 23.7 Å². The molecule has 3 N–H and O–H groups in total. The van der Waals surface area contributed by atoms with Gasteiger partial charge in [-0.1, -0.05) is 60.7 Å². The minimum atomic E-state index is -1.14. The van der Waals surface area contributed by atoms with Gasteiger partial charge in [0, 0.05) is 5.92 Å². The standard InChI is InChI=1S/C24H25N5O3/c25-23-27-21-20(22(28-23)32-14-18-9-5-2-6-10-18)26-16-29(21)24(30)12-11-19(24)15-31-13-17-7-3-1-4-8-17/h1-10,16,19,30H,11-15H2,(H2,25,27,28). The molecule has 1 fully saturated rings. The zero-order valence-electron chi connectivity index (χ0n) is 17.6. The highest BCUT2D eigenvalue weighted by Gasteiger charge is 2.48. The van der Waals surface area contributed by atoms with Crippen molar-refractivity contribution in [3.63, 3.8) is 0 Å². The Morgan fingerprint density at radius 3 is 2.34 bits per heavy atom. The normalized spacial score (nSPS) is 20.2. The Kier molecular flexibility index (Phi) is 5.46. The molecule has 8 heteroatoms. The van der Waals surface area contributed by atoms with E-state index in [1.165, 1.54) is 0 Å². The van der Waals surface area contributed by atoms with Crippen LogP contribution < -0.4 is 10.5 Å². The van der Waals surface area contributed by atoms with Gasteiger partial charge in [0.05, 0.1) is 19.5 Å². The van der Waals surface area contributed by atoms with E-state index in [2.05, 4.69) is 15.0 Å². The Morgan fingerprint density at radius 1 is 1.00 bits per heavy atom. The third-order valence-corrected chi connectivity index (χ3v) is 5.96. The van der Waals surface area contributed by atoms with Crippen LogP contribution in [0.25, 0.3) is 11.2 Å².